The number of fused-ring (bicyclic) bond motifs is 1. The maximum atomic E-state index is 12.9. The van der Waals surface area contributed by atoms with Gasteiger partial charge in [0.05, 0.1) is 0 Å². The number of phenols is 1. The first kappa shape index (κ1) is 23.4. The van der Waals surface area contributed by atoms with E-state index in [9.17, 15) is 9.90 Å². The van der Waals surface area contributed by atoms with Gasteiger partial charge in [-0.05, 0) is 40.0 Å². The van der Waals surface area contributed by atoms with Crippen LogP contribution in [0.4, 0.5) is 0 Å². The van der Waals surface area contributed by atoms with Crippen LogP contribution >= 0.6 is 0 Å². The third-order valence-corrected chi connectivity index (χ3v) is 5.19. The average molecular weight is 435 g/mol. The SMILES string of the molecule is COCOc1cc2oc(-c3ccccc3)cc(=O)c2c(O)c1C/C=C(/C)CCC=C(C)C. The summed E-state index contributed by atoms with van der Waals surface area (Å²) in [5.74, 6) is 0.747. The Morgan fingerprint density at radius 2 is 1.84 bits per heavy atom. The highest BCUT2D eigenvalue weighted by Gasteiger charge is 2.19. The standard InChI is InChI=1S/C27H30O5/c1-18(2)9-8-10-19(3)13-14-21-24(31-17-30-4)16-25-26(27(21)29)22(28)15-23(32-25)20-11-6-5-7-12-20/h5-7,9,11-13,15-16,29H,8,10,14,17H2,1-4H3/b19-13-. The number of benzene rings is 2. The van der Waals surface area contributed by atoms with E-state index in [-0.39, 0.29) is 28.9 Å². The molecule has 3 aromatic rings. The van der Waals surface area contributed by atoms with Crippen LogP contribution in [-0.2, 0) is 11.2 Å². The number of hydrogen-bond acceptors (Lipinski definition) is 5. The molecule has 0 bridgehead atoms. The molecule has 0 radical (unpaired) electrons. The molecule has 1 N–H and O–H groups in total. The summed E-state index contributed by atoms with van der Waals surface area (Å²) in [4.78, 5) is 12.9. The molecule has 32 heavy (non-hydrogen) atoms. The van der Waals surface area contributed by atoms with E-state index in [1.807, 2.05) is 30.3 Å². The Hall–Kier alpha value is -3.31. The Bertz CT molecular complexity index is 1180. The maximum absolute atomic E-state index is 12.9. The molecule has 168 valence electrons. The van der Waals surface area contributed by atoms with Crippen LogP contribution in [0.3, 0.4) is 0 Å². The largest absolute Gasteiger partial charge is 0.507 e. The van der Waals surface area contributed by atoms with Crippen LogP contribution in [0.5, 0.6) is 11.5 Å². The summed E-state index contributed by atoms with van der Waals surface area (Å²) in [5.41, 5.74) is 3.78. The Kier molecular flexibility index (Phi) is 7.90. The van der Waals surface area contributed by atoms with E-state index in [1.165, 1.54) is 24.3 Å². The smallest absolute Gasteiger partial charge is 0.197 e. The molecule has 0 amide bonds. The summed E-state index contributed by atoms with van der Waals surface area (Å²) in [7, 11) is 1.53. The van der Waals surface area contributed by atoms with E-state index < -0.39 is 0 Å². The summed E-state index contributed by atoms with van der Waals surface area (Å²) in [6.45, 7) is 6.25. The van der Waals surface area contributed by atoms with Crippen molar-refractivity contribution >= 4 is 11.0 Å². The van der Waals surface area contributed by atoms with E-state index in [1.54, 1.807) is 6.07 Å². The zero-order valence-electron chi connectivity index (χ0n) is 19.1. The number of hydrogen-bond donors (Lipinski definition) is 1. The number of rotatable bonds is 9. The lowest BCUT2D eigenvalue weighted by Gasteiger charge is -2.14. The van der Waals surface area contributed by atoms with Crippen molar-refractivity contribution in [3.8, 4) is 22.8 Å². The summed E-state index contributed by atoms with van der Waals surface area (Å²) < 4.78 is 16.8. The molecule has 0 fully saturated rings. The highest BCUT2D eigenvalue weighted by molar-refractivity contribution is 5.88. The monoisotopic (exact) mass is 434 g/mol. The predicted molar refractivity (Wildman–Crippen MR) is 128 cm³/mol. The lowest BCUT2D eigenvalue weighted by atomic mass is 10.0. The summed E-state index contributed by atoms with van der Waals surface area (Å²) in [6.07, 6.45) is 6.58. The number of allylic oxidation sites excluding steroid dienone is 4. The second-order valence-electron chi connectivity index (χ2n) is 8.04. The van der Waals surface area contributed by atoms with Gasteiger partial charge in [-0.15, -0.1) is 0 Å². The van der Waals surface area contributed by atoms with Gasteiger partial charge in [-0.2, -0.15) is 0 Å². The fourth-order valence-corrected chi connectivity index (χ4v) is 3.48. The van der Waals surface area contributed by atoms with Crippen molar-refractivity contribution in [1.82, 2.24) is 0 Å². The van der Waals surface area contributed by atoms with Gasteiger partial charge in [0.1, 0.15) is 28.2 Å². The van der Waals surface area contributed by atoms with Crippen molar-refractivity contribution in [1.29, 1.82) is 0 Å². The molecule has 3 rings (SSSR count). The van der Waals surface area contributed by atoms with Crippen molar-refractivity contribution in [2.45, 2.75) is 40.0 Å². The van der Waals surface area contributed by atoms with Gasteiger partial charge >= 0.3 is 0 Å². The minimum atomic E-state index is -0.300. The molecule has 5 nitrogen and oxygen atoms in total. The summed E-state index contributed by atoms with van der Waals surface area (Å²) in [6, 6.07) is 12.4. The molecule has 0 aliphatic carbocycles. The Balaban J connectivity index is 2.03. The minimum Gasteiger partial charge on any atom is -0.507 e. The van der Waals surface area contributed by atoms with E-state index >= 15 is 0 Å². The third-order valence-electron chi connectivity index (χ3n) is 5.19. The Morgan fingerprint density at radius 3 is 2.53 bits per heavy atom. The van der Waals surface area contributed by atoms with E-state index in [2.05, 4.69) is 32.9 Å². The zero-order valence-corrected chi connectivity index (χ0v) is 19.1. The second-order valence-corrected chi connectivity index (χ2v) is 8.04. The number of phenolic OH excluding ortho intramolecular Hbond substituents is 1. The first-order valence-electron chi connectivity index (χ1n) is 10.7. The molecule has 5 heteroatoms. The molecule has 1 heterocycles. The van der Waals surface area contributed by atoms with Crippen LogP contribution in [0.15, 0.2) is 75.0 Å². The van der Waals surface area contributed by atoms with Gasteiger partial charge in [0, 0.05) is 30.4 Å². The normalized spacial score (nSPS) is 11.6. The van der Waals surface area contributed by atoms with Crippen LogP contribution in [0, 0.1) is 0 Å². The van der Waals surface area contributed by atoms with Gasteiger partial charge in [0.25, 0.3) is 0 Å². The molecular formula is C27H30O5. The Morgan fingerprint density at radius 1 is 1.09 bits per heavy atom. The van der Waals surface area contributed by atoms with Crippen molar-refractivity contribution in [3.05, 3.63) is 81.5 Å². The lowest BCUT2D eigenvalue weighted by Crippen LogP contribution is -2.06. The fraction of sp³-hybridized carbons (Fsp3) is 0.296. The fourth-order valence-electron chi connectivity index (χ4n) is 3.48. The second kappa shape index (κ2) is 10.8. The molecular weight excluding hydrogens is 404 g/mol. The quantitative estimate of drug-likeness (QED) is 0.312. The minimum absolute atomic E-state index is 0.0177. The number of aromatic hydroxyl groups is 1. The lowest BCUT2D eigenvalue weighted by molar-refractivity contribution is 0.0504. The van der Waals surface area contributed by atoms with Gasteiger partial charge in [-0.3, -0.25) is 4.79 Å². The van der Waals surface area contributed by atoms with Crippen molar-refractivity contribution in [2.75, 3.05) is 13.9 Å². The van der Waals surface area contributed by atoms with E-state index in [4.69, 9.17) is 13.9 Å². The predicted octanol–water partition coefficient (Wildman–Crippen LogP) is 6.38. The molecule has 0 saturated heterocycles. The van der Waals surface area contributed by atoms with Crippen LogP contribution in [0.1, 0.15) is 39.2 Å². The van der Waals surface area contributed by atoms with Gasteiger partial charge < -0.3 is 19.0 Å². The topological polar surface area (TPSA) is 68.9 Å². The van der Waals surface area contributed by atoms with Gasteiger partial charge in [-0.1, -0.05) is 53.6 Å². The zero-order chi connectivity index (χ0) is 23.1. The van der Waals surface area contributed by atoms with Gasteiger partial charge in [0.2, 0.25) is 0 Å². The van der Waals surface area contributed by atoms with Crippen molar-refractivity contribution < 1.29 is 19.0 Å². The van der Waals surface area contributed by atoms with E-state index in [0.29, 0.717) is 23.5 Å². The molecule has 0 aliphatic rings. The summed E-state index contributed by atoms with van der Waals surface area (Å²) >= 11 is 0. The van der Waals surface area contributed by atoms with Gasteiger partial charge in [-0.25, -0.2) is 0 Å². The number of methoxy groups -OCH3 is 1. The first-order valence-corrected chi connectivity index (χ1v) is 10.7. The molecule has 0 spiro atoms. The highest BCUT2D eigenvalue weighted by Crippen LogP contribution is 2.37. The molecule has 1 aromatic heterocycles. The van der Waals surface area contributed by atoms with Crippen LogP contribution in [-0.4, -0.2) is 19.0 Å². The van der Waals surface area contributed by atoms with Gasteiger partial charge in [0.15, 0.2) is 12.2 Å². The number of ether oxygens (including phenoxy) is 2. The van der Waals surface area contributed by atoms with Crippen LogP contribution in [0.25, 0.3) is 22.3 Å². The van der Waals surface area contributed by atoms with Crippen LogP contribution in [0.2, 0.25) is 0 Å². The summed E-state index contributed by atoms with van der Waals surface area (Å²) in [5, 5.41) is 11.2. The van der Waals surface area contributed by atoms with Crippen molar-refractivity contribution in [3.63, 3.8) is 0 Å². The molecule has 0 unspecified atom stereocenters. The highest BCUT2D eigenvalue weighted by atomic mass is 16.7. The molecule has 0 saturated carbocycles. The molecule has 2 aromatic carbocycles. The van der Waals surface area contributed by atoms with E-state index in [0.717, 1.165) is 18.4 Å². The van der Waals surface area contributed by atoms with Crippen molar-refractivity contribution in [2.24, 2.45) is 0 Å². The molecule has 0 aliphatic heterocycles. The maximum Gasteiger partial charge on any atom is 0.197 e. The Labute approximate surface area is 188 Å². The van der Waals surface area contributed by atoms with Crippen LogP contribution < -0.4 is 10.2 Å². The molecule has 0 atom stereocenters. The third kappa shape index (κ3) is 5.68. The first-order chi connectivity index (χ1) is 15.4. The average Bonchev–Trinajstić information content (AvgIpc) is 2.77.